The van der Waals surface area contributed by atoms with Crippen LogP contribution in [0.1, 0.15) is 48.9 Å². The first kappa shape index (κ1) is 17.9. The van der Waals surface area contributed by atoms with E-state index in [2.05, 4.69) is 10.3 Å². The molecule has 0 aliphatic heterocycles. The molecule has 2 rings (SSSR count). The first-order valence-corrected chi connectivity index (χ1v) is 9.98. The topological polar surface area (TPSA) is 79.4 Å². The number of carbonyl (C=O) groups excluding carboxylic acids is 1. The van der Waals surface area contributed by atoms with Crippen molar-refractivity contribution in [2.24, 2.45) is 0 Å². The van der Waals surface area contributed by atoms with Gasteiger partial charge in [0.25, 0.3) is 5.91 Å². The number of carbonyl (C=O) groups is 1. The Hall–Kier alpha value is -1.47. The number of hydrogen-bond acceptors (Lipinski definition) is 4. The molecule has 0 atom stereocenters. The van der Waals surface area contributed by atoms with Crippen molar-refractivity contribution in [1.29, 1.82) is 0 Å². The summed E-state index contributed by atoms with van der Waals surface area (Å²) < 4.78 is 25.7. The van der Waals surface area contributed by atoms with E-state index in [9.17, 15) is 13.2 Å². The molecule has 1 aromatic rings. The van der Waals surface area contributed by atoms with Crippen molar-refractivity contribution in [2.45, 2.75) is 44.6 Å². The van der Waals surface area contributed by atoms with E-state index < -0.39 is 10.0 Å². The summed E-state index contributed by atoms with van der Waals surface area (Å²) in [6.07, 6.45) is 10.6. The first-order chi connectivity index (χ1) is 11.0. The van der Waals surface area contributed by atoms with Crippen molar-refractivity contribution in [2.75, 3.05) is 19.3 Å². The van der Waals surface area contributed by atoms with Crippen LogP contribution >= 0.6 is 0 Å². The summed E-state index contributed by atoms with van der Waals surface area (Å²) in [5.41, 5.74) is 0.480. The van der Waals surface area contributed by atoms with Gasteiger partial charge in [-0.15, -0.1) is 0 Å². The van der Waals surface area contributed by atoms with Crippen molar-refractivity contribution in [1.82, 2.24) is 14.6 Å². The second kappa shape index (κ2) is 8.40. The molecule has 1 aliphatic carbocycles. The highest BCUT2D eigenvalue weighted by Gasteiger charge is 2.27. The van der Waals surface area contributed by atoms with Gasteiger partial charge in [0.2, 0.25) is 10.0 Å². The van der Waals surface area contributed by atoms with Gasteiger partial charge in [-0.25, -0.2) is 8.42 Å². The number of nitrogens with zero attached hydrogens (tertiary/aromatic N) is 2. The van der Waals surface area contributed by atoms with Crippen molar-refractivity contribution >= 4 is 15.9 Å². The largest absolute Gasteiger partial charge is 0.351 e. The average Bonchev–Trinajstić information content (AvgIpc) is 2.80. The Morgan fingerprint density at radius 1 is 1.30 bits per heavy atom. The molecule has 1 fully saturated rings. The van der Waals surface area contributed by atoms with Crippen molar-refractivity contribution in [3.63, 3.8) is 0 Å². The average molecular weight is 339 g/mol. The quantitative estimate of drug-likeness (QED) is 0.802. The molecule has 6 nitrogen and oxygen atoms in total. The second-order valence-electron chi connectivity index (χ2n) is 6.02. The van der Waals surface area contributed by atoms with Gasteiger partial charge in [-0.05, 0) is 25.0 Å². The van der Waals surface area contributed by atoms with Crippen LogP contribution < -0.4 is 5.32 Å². The van der Waals surface area contributed by atoms with Gasteiger partial charge >= 0.3 is 0 Å². The maximum absolute atomic E-state index is 12.1. The Morgan fingerprint density at radius 2 is 2.00 bits per heavy atom. The van der Waals surface area contributed by atoms with Crippen molar-refractivity contribution in [3.05, 3.63) is 30.1 Å². The fourth-order valence-corrected chi connectivity index (χ4v) is 4.22. The number of nitrogens with one attached hydrogen (secondary N) is 1. The lowest BCUT2D eigenvalue weighted by Crippen LogP contribution is -2.44. The van der Waals surface area contributed by atoms with Gasteiger partial charge in [0, 0.05) is 31.5 Å². The molecule has 128 valence electrons. The standard InChI is InChI=1S/C16H25N3O3S/c1-23(21,22)19(15-8-4-2-3-5-9-15)12-11-18-16(20)14-7-6-10-17-13-14/h6-7,10,13,15H,2-5,8-9,11-12H2,1H3,(H,18,20). The Kier molecular flexibility index (Phi) is 6.53. The molecule has 1 amide bonds. The van der Waals surface area contributed by atoms with Crippen LogP contribution in [0.3, 0.4) is 0 Å². The number of amides is 1. The van der Waals surface area contributed by atoms with Gasteiger partial charge in [0.1, 0.15) is 0 Å². The van der Waals surface area contributed by atoms with E-state index in [1.54, 1.807) is 22.6 Å². The van der Waals surface area contributed by atoms with Crippen LogP contribution in [0.2, 0.25) is 0 Å². The van der Waals surface area contributed by atoms with E-state index >= 15 is 0 Å². The van der Waals surface area contributed by atoms with E-state index in [-0.39, 0.29) is 11.9 Å². The summed E-state index contributed by atoms with van der Waals surface area (Å²) in [5, 5.41) is 2.77. The monoisotopic (exact) mass is 339 g/mol. The van der Waals surface area contributed by atoms with E-state index in [1.807, 2.05) is 0 Å². The van der Waals surface area contributed by atoms with E-state index in [1.165, 1.54) is 25.3 Å². The Morgan fingerprint density at radius 3 is 2.57 bits per heavy atom. The van der Waals surface area contributed by atoms with Crippen LogP contribution in [0.15, 0.2) is 24.5 Å². The number of sulfonamides is 1. The Balaban J connectivity index is 1.92. The molecule has 0 saturated heterocycles. The molecular formula is C16H25N3O3S. The van der Waals surface area contributed by atoms with E-state index in [0.717, 1.165) is 25.7 Å². The van der Waals surface area contributed by atoms with Crippen LogP contribution in [0.4, 0.5) is 0 Å². The normalized spacial score (nSPS) is 17.0. The van der Waals surface area contributed by atoms with Crippen LogP contribution in [-0.4, -0.2) is 49.0 Å². The zero-order valence-electron chi connectivity index (χ0n) is 13.6. The Bertz CT molecular complexity index is 596. The van der Waals surface area contributed by atoms with Crippen LogP contribution in [-0.2, 0) is 10.0 Å². The van der Waals surface area contributed by atoms with Crippen molar-refractivity contribution < 1.29 is 13.2 Å². The fourth-order valence-electron chi connectivity index (χ4n) is 3.04. The molecule has 1 N–H and O–H groups in total. The van der Waals surface area contributed by atoms with E-state index in [4.69, 9.17) is 0 Å². The zero-order chi connectivity index (χ0) is 16.7. The summed E-state index contributed by atoms with van der Waals surface area (Å²) in [6, 6.07) is 3.44. The summed E-state index contributed by atoms with van der Waals surface area (Å²) >= 11 is 0. The van der Waals surface area contributed by atoms with Gasteiger partial charge in [-0.1, -0.05) is 25.7 Å². The lowest BCUT2D eigenvalue weighted by molar-refractivity contribution is 0.0949. The summed E-state index contributed by atoms with van der Waals surface area (Å²) in [5.74, 6) is -0.229. The number of pyridine rings is 1. The molecule has 1 heterocycles. The lowest BCUT2D eigenvalue weighted by atomic mass is 10.1. The van der Waals surface area contributed by atoms with Gasteiger partial charge < -0.3 is 5.32 Å². The highest BCUT2D eigenvalue weighted by Crippen LogP contribution is 2.23. The summed E-state index contributed by atoms with van der Waals surface area (Å²) in [6.45, 7) is 0.618. The number of hydrogen-bond donors (Lipinski definition) is 1. The molecule has 0 bridgehead atoms. The molecule has 0 spiro atoms. The molecular weight excluding hydrogens is 314 g/mol. The zero-order valence-corrected chi connectivity index (χ0v) is 14.4. The number of rotatable bonds is 6. The van der Waals surface area contributed by atoms with Crippen LogP contribution in [0, 0.1) is 0 Å². The molecule has 0 radical (unpaired) electrons. The minimum absolute atomic E-state index is 0.0581. The second-order valence-corrected chi connectivity index (χ2v) is 7.95. The van der Waals surface area contributed by atoms with Gasteiger partial charge in [-0.2, -0.15) is 4.31 Å². The smallest absolute Gasteiger partial charge is 0.252 e. The maximum atomic E-state index is 12.1. The molecule has 1 aromatic heterocycles. The molecule has 1 saturated carbocycles. The minimum Gasteiger partial charge on any atom is -0.351 e. The van der Waals surface area contributed by atoms with Crippen LogP contribution in [0.5, 0.6) is 0 Å². The maximum Gasteiger partial charge on any atom is 0.252 e. The molecule has 0 aromatic carbocycles. The minimum atomic E-state index is -3.27. The third-order valence-electron chi connectivity index (χ3n) is 4.20. The van der Waals surface area contributed by atoms with Crippen molar-refractivity contribution in [3.8, 4) is 0 Å². The predicted molar refractivity (Wildman–Crippen MR) is 89.6 cm³/mol. The molecule has 7 heteroatoms. The predicted octanol–water partition coefficient (Wildman–Crippen LogP) is 1.80. The molecule has 1 aliphatic rings. The Labute approximate surface area is 138 Å². The molecule has 0 unspecified atom stereocenters. The summed E-state index contributed by atoms with van der Waals surface area (Å²) in [7, 11) is -3.27. The number of aromatic nitrogens is 1. The van der Waals surface area contributed by atoms with Crippen LogP contribution in [0.25, 0.3) is 0 Å². The van der Waals surface area contributed by atoms with Gasteiger partial charge in [-0.3, -0.25) is 9.78 Å². The molecule has 23 heavy (non-hydrogen) atoms. The SMILES string of the molecule is CS(=O)(=O)N(CCNC(=O)c1cccnc1)C1CCCCCC1. The third-order valence-corrected chi connectivity index (χ3v) is 5.53. The summed E-state index contributed by atoms with van der Waals surface area (Å²) in [4.78, 5) is 15.9. The van der Waals surface area contributed by atoms with Gasteiger partial charge in [0.15, 0.2) is 0 Å². The van der Waals surface area contributed by atoms with Gasteiger partial charge in [0.05, 0.1) is 11.8 Å². The fraction of sp³-hybridized carbons (Fsp3) is 0.625. The van der Waals surface area contributed by atoms with E-state index in [0.29, 0.717) is 18.7 Å². The first-order valence-electron chi connectivity index (χ1n) is 8.13. The lowest BCUT2D eigenvalue weighted by Gasteiger charge is -2.29. The highest BCUT2D eigenvalue weighted by atomic mass is 32.2. The third kappa shape index (κ3) is 5.58. The highest BCUT2D eigenvalue weighted by molar-refractivity contribution is 7.88.